The largest absolute Gasteiger partial charge is 0.504 e. The van der Waals surface area contributed by atoms with Crippen LogP contribution in [0, 0.1) is 27.7 Å². The molecule has 0 fully saturated rings. The normalized spacial score (nSPS) is 12.6. The smallest absolute Gasteiger partial charge is 0.168 e. The molecular formula is C43H42O10. The van der Waals surface area contributed by atoms with Crippen molar-refractivity contribution < 1.29 is 48.2 Å². The number of carbonyl (C=O) groups is 2. The number of para-hydroxylation sites is 1. The molecule has 0 spiro atoms. The minimum absolute atomic E-state index is 0.0473. The van der Waals surface area contributed by atoms with E-state index in [0.29, 0.717) is 29.8 Å². The van der Waals surface area contributed by atoms with Crippen molar-refractivity contribution in [2.24, 2.45) is 0 Å². The van der Waals surface area contributed by atoms with Gasteiger partial charge in [0.1, 0.15) is 43.7 Å². The molecule has 6 rings (SSSR count). The van der Waals surface area contributed by atoms with Crippen LogP contribution >= 0.6 is 0 Å². The first-order chi connectivity index (χ1) is 25.6. The molecule has 0 atom stereocenters. The summed E-state index contributed by atoms with van der Waals surface area (Å²) in [6.45, 7) is 8.91. The summed E-state index contributed by atoms with van der Waals surface area (Å²) < 4.78 is 37.3. The number of rotatable bonds is 9. The Balaban J connectivity index is 1.49. The Morgan fingerprint density at radius 2 is 1.09 bits per heavy atom. The van der Waals surface area contributed by atoms with Crippen molar-refractivity contribution in [3.8, 4) is 62.5 Å². The molecule has 10 nitrogen and oxygen atoms in total. The third-order valence-electron chi connectivity index (χ3n) is 8.89. The number of hydrogen-bond donors (Lipinski definition) is 2. The van der Waals surface area contributed by atoms with Gasteiger partial charge in [0.15, 0.2) is 35.6 Å². The van der Waals surface area contributed by atoms with E-state index in [1.54, 1.807) is 31.4 Å². The van der Waals surface area contributed by atoms with E-state index in [1.165, 1.54) is 6.07 Å². The standard InChI is InChI=1S/C43H42O10/c1-25-14-31(23-52-37-8-6-7-29(21-44)39(37)46)41-33(16-25)35-18-28(4)19-36(43(35)48-5)34-17-26(2)15-32(42(34)51-12-10-49-9-11-50-41)24-53-38-20-27(3)13-30(22-45)40(38)47/h6-8,13-22,46-47H,9-12,23-24H2,1-5H3. The lowest BCUT2D eigenvalue weighted by molar-refractivity contribution is 0.0756. The summed E-state index contributed by atoms with van der Waals surface area (Å²) in [5.41, 5.74) is 8.46. The fraction of sp³-hybridized carbons (Fsp3) is 0.256. The molecule has 2 bridgehead atoms. The molecule has 53 heavy (non-hydrogen) atoms. The predicted molar refractivity (Wildman–Crippen MR) is 200 cm³/mol. The third kappa shape index (κ3) is 7.93. The second-order valence-electron chi connectivity index (χ2n) is 13.0. The molecular weight excluding hydrogens is 676 g/mol. The molecule has 0 aromatic heterocycles. The van der Waals surface area contributed by atoms with Crippen molar-refractivity contribution in [1.82, 2.24) is 0 Å². The van der Waals surface area contributed by atoms with Crippen molar-refractivity contribution in [2.45, 2.75) is 40.9 Å². The van der Waals surface area contributed by atoms with Crippen molar-refractivity contribution in [2.75, 3.05) is 33.5 Å². The molecule has 1 aliphatic heterocycles. The van der Waals surface area contributed by atoms with E-state index in [4.69, 9.17) is 28.4 Å². The van der Waals surface area contributed by atoms with Crippen LogP contribution in [0.4, 0.5) is 0 Å². The molecule has 0 aliphatic carbocycles. The molecule has 2 N–H and O–H groups in total. The van der Waals surface area contributed by atoms with Gasteiger partial charge in [0.05, 0.1) is 31.5 Å². The number of methoxy groups -OCH3 is 1. The van der Waals surface area contributed by atoms with E-state index in [2.05, 4.69) is 0 Å². The van der Waals surface area contributed by atoms with Crippen LogP contribution in [0.1, 0.15) is 54.1 Å². The Kier molecular flexibility index (Phi) is 11.2. The minimum Gasteiger partial charge on any atom is -0.504 e. The number of phenols is 2. The number of fused-ring (bicyclic) bond motifs is 6. The number of benzene rings is 5. The number of carbonyl (C=O) groups excluding carboxylic acids is 2. The van der Waals surface area contributed by atoms with Crippen LogP contribution in [0.15, 0.2) is 66.7 Å². The average molecular weight is 719 g/mol. The molecule has 0 unspecified atom stereocenters. The Hall–Kier alpha value is -6.00. The molecule has 274 valence electrons. The highest BCUT2D eigenvalue weighted by atomic mass is 16.5. The lowest BCUT2D eigenvalue weighted by Crippen LogP contribution is -2.15. The predicted octanol–water partition coefficient (Wildman–Crippen LogP) is 8.24. The van der Waals surface area contributed by atoms with Gasteiger partial charge in [0.2, 0.25) is 0 Å². The number of hydrogen-bond acceptors (Lipinski definition) is 10. The van der Waals surface area contributed by atoms with Gasteiger partial charge in [-0.2, -0.15) is 0 Å². The molecule has 5 aromatic rings. The van der Waals surface area contributed by atoms with Gasteiger partial charge in [-0.05, 0) is 111 Å². The first-order valence-electron chi connectivity index (χ1n) is 17.2. The van der Waals surface area contributed by atoms with Gasteiger partial charge in [0.25, 0.3) is 0 Å². The molecule has 10 heteroatoms. The molecule has 0 saturated carbocycles. The first kappa shape index (κ1) is 36.8. The zero-order valence-corrected chi connectivity index (χ0v) is 30.4. The van der Waals surface area contributed by atoms with Gasteiger partial charge in [-0.15, -0.1) is 0 Å². The molecule has 0 radical (unpaired) electrons. The zero-order chi connectivity index (χ0) is 37.6. The van der Waals surface area contributed by atoms with Crippen LogP contribution in [0.2, 0.25) is 0 Å². The zero-order valence-electron chi connectivity index (χ0n) is 30.4. The van der Waals surface area contributed by atoms with Crippen LogP contribution in [0.3, 0.4) is 0 Å². The van der Waals surface area contributed by atoms with Crippen molar-refractivity contribution >= 4 is 12.6 Å². The number of ether oxygens (including phenoxy) is 6. The second-order valence-corrected chi connectivity index (χ2v) is 13.0. The number of aldehydes is 2. The molecule has 5 aromatic carbocycles. The van der Waals surface area contributed by atoms with Gasteiger partial charge in [-0.25, -0.2) is 0 Å². The summed E-state index contributed by atoms with van der Waals surface area (Å²) in [6.07, 6.45) is 1.18. The maximum absolute atomic E-state index is 11.6. The van der Waals surface area contributed by atoms with Crippen LogP contribution in [0.5, 0.6) is 40.2 Å². The highest BCUT2D eigenvalue weighted by Crippen LogP contribution is 2.48. The van der Waals surface area contributed by atoms with Crippen LogP contribution in [-0.2, 0) is 18.0 Å². The molecule has 0 amide bonds. The number of aryl methyl sites for hydroxylation is 4. The van der Waals surface area contributed by atoms with Crippen molar-refractivity contribution in [3.63, 3.8) is 0 Å². The fourth-order valence-corrected chi connectivity index (χ4v) is 6.59. The Bertz CT molecular complexity index is 2170. The quantitative estimate of drug-likeness (QED) is 0.144. The van der Waals surface area contributed by atoms with Crippen molar-refractivity contribution in [3.05, 3.63) is 111 Å². The lowest BCUT2D eigenvalue weighted by atomic mass is 9.90. The molecule has 1 heterocycles. The Labute approximate surface area is 308 Å². The summed E-state index contributed by atoms with van der Waals surface area (Å²) in [7, 11) is 1.63. The van der Waals surface area contributed by atoms with E-state index < -0.39 is 0 Å². The Morgan fingerprint density at radius 1 is 0.604 bits per heavy atom. The summed E-state index contributed by atoms with van der Waals surface area (Å²) >= 11 is 0. The van der Waals surface area contributed by atoms with Gasteiger partial charge in [-0.3, -0.25) is 9.59 Å². The van der Waals surface area contributed by atoms with Crippen LogP contribution in [0.25, 0.3) is 22.3 Å². The highest BCUT2D eigenvalue weighted by molar-refractivity contribution is 5.89. The summed E-state index contributed by atoms with van der Waals surface area (Å²) in [5.74, 6) is 1.66. The SMILES string of the molecule is COc1c2cc(C)cc1-c1cc(C)cc(COc3cc(C)cc(C=O)c3O)c1OCCOCCOc1c(COc3cccc(C=O)c3O)cc(C)cc1-2. The van der Waals surface area contributed by atoms with E-state index in [0.717, 1.165) is 55.6 Å². The van der Waals surface area contributed by atoms with Crippen LogP contribution < -0.4 is 23.7 Å². The minimum atomic E-state index is -0.229. The summed E-state index contributed by atoms with van der Waals surface area (Å²) in [4.78, 5) is 23.0. The van der Waals surface area contributed by atoms with Gasteiger partial charge >= 0.3 is 0 Å². The van der Waals surface area contributed by atoms with Crippen LogP contribution in [-0.4, -0.2) is 56.3 Å². The molecule has 0 saturated heterocycles. The highest BCUT2D eigenvalue weighted by Gasteiger charge is 2.25. The maximum atomic E-state index is 11.6. The monoisotopic (exact) mass is 718 g/mol. The number of phenolic OH excluding ortho intramolecular Hbond substituents is 2. The van der Waals surface area contributed by atoms with Gasteiger partial charge in [-0.1, -0.05) is 6.07 Å². The van der Waals surface area contributed by atoms with E-state index in [1.807, 2.05) is 64.1 Å². The van der Waals surface area contributed by atoms with Gasteiger partial charge < -0.3 is 38.6 Å². The Morgan fingerprint density at radius 3 is 1.64 bits per heavy atom. The van der Waals surface area contributed by atoms with Gasteiger partial charge in [0, 0.05) is 33.4 Å². The third-order valence-corrected chi connectivity index (χ3v) is 8.89. The van der Waals surface area contributed by atoms with Crippen molar-refractivity contribution in [1.29, 1.82) is 0 Å². The number of aromatic hydroxyl groups is 2. The summed E-state index contributed by atoms with van der Waals surface area (Å²) in [5, 5.41) is 21.3. The topological polar surface area (TPSA) is 130 Å². The first-order valence-corrected chi connectivity index (χ1v) is 17.2. The second kappa shape index (κ2) is 16.1. The van der Waals surface area contributed by atoms with E-state index in [9.17, 15) is 19.8 Å². The summed E-state index contributed by atoms with van der Waals surface area (Å²) in [6, 6.07) is 20.2. The van der Waals surface area contributed by atoms with E-state index in [-0.39, 0.29) is 73.8 Å². The van der Waals surface area contributed by atoms with E-state index >= 15 is 0 Å². The lowest BCUT2D eigenvalue weighted by Gasteiger charge is -2.24. The average Bonchev–Trinajstić information content (AvgIpc) is 3.14. The fourth-order valence-electron chi connectivity index (χ4n) is 6.59. The maximum Gasteiger partial charge on any atom is 0.168 e. The molecule has 1 aliphatic rings.